The van der Waals surface area contributed by atoms with E-state index in [1.807, 2.05) is 35.9 Å². The van der Waals surface area contributed by atoms with Crippen LogP contribution in [-0.4, -0.2) is 9.38 Å². The molecule has 0 aliphatic rings. The summed E-state index contributed by atoms with van der Waals surface area (Å²) in [6, 6.07) is 10.1. The van der Waals surface area contributed by atoms with E-state index in [4.69, 9.17) is 0 Å². The normalized spacial score (nSPS) is 10.2. The summed E-state index contributed by atoms with van der Waals surface area (Å²) < 4.78 is 14.8. The largest absolute Gasteiger partial charge is 0.320 e. The van der Waals surface area contributed by atoms with Gasteiger partial charge in [-0.05, 0) is 49.2 Å². The summed E-state index contributed by atoms with van der Waals surface area (Å²) >= 11 is 0. The van der Waals surface area contributed by atoms with Gasteiger partial charge in [-0.1, -0.05) is 5.92 Å². The summed E-state index contributed by atoms with van der Waals surface area (Å²) in [5.74, 6) is 5.79. The first-order valence-electron chi connectivity index (χ1n) is 5.94. The highest BCUT2D eigenvalue weighted by Gasteiger charge is 2.00. The predicted molar refractivity (Wildman–Crippen MR) is 72.3 cm³/mol. The molecule has 3 heteroatoms. The molecule has 3 rings (SSSR count). The highest BCUT2D eigenvalue weighted by molar-refractivity contribution is 5.60. The molecule has 19 heavy (non-hydrogen) atoms. The quantitative estimate of drug-likeness (QED) is 0.560. The molecule has 0 saturated carbocycles. The predicted octanol–water partition coefficient (Wildman–Crippen LogP) is 3.18. The Kier molecular flexibility index (Phi) is 2.77. The fourth-order valence-electron chi connectivity index (χ4n) is 1.93. The van der Waals surface area contributed by atoms with Crippen LogP contribution in [0.2, 0.25) is 0 Å². The standard InChI is InChI=1S/C16H11FN2/c1-12-11-19-10-2-3-16(19)15(18-12)9-6-13-4-7-14(17)8-5-13/h2-5,7-8,10-11H,1H3. The fraction of sp³-hybridized carbons (Fsp3) is 0.0625. The molecule has 1 aromatic carbocycles. The van der Waals surface area contributed by atoms with Crippen LogP contribution in [0, 0.1) is 24.6 Å². The van der Waals surface area contributed by atoms with E-state index in [2.05, 4.69) is 16.8 Å². The van der Waals surface area contributed by atoms with Gasteiger partial charge in [0.25, 0.3) is 0 Å². The first-order valence-corrected chi connectivity index (χ1v) is 5.94. The molecule has 0 atom stereocenters. The number of rotatable bonds is 0. The lowest BCUT2D eigenvalue weighted by atomic mass is 10.2. The number of benzene rings is 1. The molecule has 0 aliphatic heterocycles. The first kappa shape index (κ1) is 11.5. The average Bonchev–Trinajstić information content (AvgIpc) is 2.85. The molecule has 3 aromatic rings. The average molecular weight is 250 g/mol. The van der Waals surface area contributed by atoms with Gasteiger partial charge in [-0.15, -0.1) is 0 Å². The summed E-state index contributed by atoms with van der Waals surface area (Å²) in [5.41, 5.74) is 3.39. The van der Waals surface area contributed by atoms with Gasteiger partial charge in [-0.2, -0.15) is 0 Å². The smallest absolute Gasteiger partial charge is 0.137 e. The highest BCUT2D eigenvalue weighted by Crippen LogP contribution is 2.10. The Morgan fingerprint density at radius 1 is 1.11 bits per heavy atom. The van der Waals surface area contributed by atoms with E-state index in [9.17, 15) is 4.39 Å². The fourth-order valence-corrected chi connectivity index (χ4v) is 1.93. The summed E-state index contributed by atoms with van der Waals surface area (Å²) in [5, 5.41) is 0. The van der Waals surface area contributed by atoms with Gasteiger partial charge >= 0.3 is 0 Å². The van der Waals surface area contributed by atoms with E-state index in [0.717, 1.165) is 22.5 Å². The Morgan fingerprint density at radius 3 is 2.68 bits per heavy atom. The Morgan fingerprint density at radius 2 is 1.89 bits per heavy atom. The zero-order chi connectivity index (χ0) is 13.2. The van der Waals surface area contributed by atoms with Crippen molar-refractivity contribution in [2.24, 2.45) is 0 Å². The molecule has 0 N–H and O–H groups in total. The second kappa shape index (κ2) is 4.58. The summed E-state index contributed by atoms with van der Waals surface area (Å²) in [6.07, 6.45) is 3.92. The molecule has 0 bridgehead atoms. The third-order valence-electron chi connectivity index (χ3n) is 2.81. The van der Waals surface area contributed by atoms with Gasteiger partial charge in [-0.25, -0.2) is 9.37 Å². The van der Waals surface area contributed by atoms with Crippen molar-refractivity contribution in [1.29, 1.82) is 0 Å². The van der Waals surface area contributed by atoms with Gasteiger partial charge in [0.1, 0.15) is 11.5 Å². The van der Waals surface area contributed by atoms with E-state index in [0.29, 0.717) is 0 Å². The van der Waals surface area contributed by atoms with E-state index in [-0.39, 0.29) is 5.82 Å². The number of aryl methyl sites for hydroxylation is 1. The topological polar surface area (TPSA) is 17.3 Å². The van der Waals surface area contributed by atoms with Gasteiger partial charge in [-0.3, -0.25) is 0 Å². The van der Waals surface area contributed by atoms with Crippen molar-refractivity contribution in [2.75, 3.05) is 0 Å². The maximum absolute atomic E-state index is 12.8. The summed E-state index contributed by atoms with van der Waals surface area (Å²) in [6.45, 7) is 1.93. The zero-order valence-corrected chi connectivity index (χ0v) is 10.4. The highest BCUT2D eigenvalue weighted by atomic mass is 19.1. The molecule has 0 spiro atoms. The third-order valence-corrected chi connectivity index (χ3v) is 2.81. The molecule has 2 aromatic heterocycles. The van der Waals surface area contributed by atoms with Crippen molar-refractivity contribution in [2.45, 2.75) is 6.92 Å². The number of hydrogen-bond donors (Lipinski definition) is 0. The molecule has 0 saturated heterocycles. The van der Waals surface area contributed by atoms with Crippen molar-refractivity contribution in [3.05, 3.63) is 71.6 Å². The summed E-state index contributed by atoms with van der Waals surface area (Å²) in [4.78, 5) is 4.44. The summed E-state index contributed by atoms with van der Waals surface area (Å²) in [7, 11) is 0. The van der Waals surface area contributed by atoms with Crippen molar-refractivity contribution in [3.63, 3.8) is 0 Å². The lowest BCUT2D eigenvalue weighted by Crippen LogP contribution is -1.94. The SMILES string of the molecule is Cc1cn2cccc2c(C#Cc2ccc(F)cc2)n1. The molecule has 0 radical (unpaired) electrons. The second-order valence-corrected chi connectivity index (χ2v) is 4.29. The Labute approximate surface area is 110 Å². The van der Waals surface area contributed by atoms with E-state index in [1.54, 1.807) is 12.1 Å². The van der Waals surface area contributed by atoms with Crippen LogP contribution < -0.4 is 0 Å². The van der Waals surface area contributed by atoms with Crippen LogP contribution in [0.3, 0.4) is 0 Å². The number of aromatic nitrogens is 2. The molecule has 0 aliphatic carbocycles. The Balaban J connectivity index is 2.06. The number of halogens is 1. The number of hydrogen-bond acceptors (Lipinski definition) is 1. The minimum absolute atomic E-state index is 0.256. The van der Waals surface area contributed by atoms with Crippen LogP contribution in [0.4, 0.5) is 4.39 Å². The van der Waals surface area contributed by atoms with E-state index >= 15 is 0 Å². The van der Waals surface area contributed by atoms with Crippen molar-refractivity contribution >= 4 is 5.52 Å². The van der Waals surface area contributed by atoms with Gasteiger partial charge in [0, 0.05) is 18.0 Å². The zero-order valence-electron chi connectivity index (χ0n) is 10.4. The van der Waals surface area contributed by atoms with Gasteiger partial charge in [0.2, 0.25) is 0 Å². The monoisotopic (exact) mass is 250 g/mol. The molecule has 0 unspecified atom stereocenters. The molecule has 92 valence electrons. The van der Waals surface area contributed by atoms with Crippen molar-refractivity contribution in [3.8, 4) is 11.8 Å². The van der Waals surface area contributed by atoms with Crippen LogP contribution in [0.15, 0.2) is 48.8 Å². The maximum Gasteiger partial charge on any atom is 0.137 e. The van der Waals surface area contributed by atoms with Gasteiger partial charge in [0.05, 0.1) is 11.2 Å². The lowest BCUT2D eigenvalue weighted by Gasteiger charge is -1.99. The van der Waals surface area contributed by atoms with Crippen LogP contribution in [0.1, 0.15) is 17.0 Å². The van der Waals surface area contributed by atoms with Crippen molar-refractivity contribution < 1.29 is 4.39 Å². The third kappa shape index (κ3) is 2.34. The van der Waals surface area contributed by atoms with E-state index in [1.165, 1.54) is 12.1 Å². The second-order valence-electron chi connectivity index (χ2n) is 4.29. The molecule has 2 heterocycles. The van der Waals surface area contributed by atoms with Crippen molar-refractivity contribution in [1.82, 2.24) is 9.38 Å². The van der Waals surface area contributed by atoms with Crippen LogP contribution in [0.25, 0.3) is 5.52 Å². The molecular weight excluding hydrogens is 239 g/mol. The maximum atomic E-state index is 12.8. The van der Waals surface area contributed by atoms with Gasteiger partial charge in [0.15, 0.2) is 0 Å². The van der Waals surface area contributed by atoms with Crippen LogP contribution in [-0.2, 0) is 0 Å². The van der Waals surface area contributed by atoms with Crippen LogP contribution >= 0.6 is 0 Å². The Bertz CT molecular complexity index is 789. The molecular formula is C16H11FN2. The minimum atomic E-state index is -0.256. The molecule has 0 fully saturated rings. The van der Waals surface area contributed by atoms with Gasteiger partial charge < -0.3 is 4.40 Å². The Hall–Kier alpha value is -2.60. The molecule has 2 nitrogen and oxygen atoms in total. The molecule has 0 amide bonds. The lowest BCUT2D eigenvalue weighted by molar-refractivity contribution is 0.627. The first-order chi connectivity index (χ1) is 9.22. The number of nitrogens with zero attached hydrogens (tertiary/aromatic N) is 2. The van der Waals surface area contributed by atoms with E-state index < -0.39 is 0 Å². The van der Waals surface area contributed by atoms with Crippen LogP contribution in [0.5, 0.6) is 0 Å². The minimum Gasteiger partial charge on any atom is -0.320 e. The number of fused-ring (bicyclic) bond motifs is 1.